The van der Waals surface area contributed by atoms with Crippen molar-refractivity contribution in [3.63, 3.8) is 0 Å². The summed E-state index contributed by atoms with van der Waals surface area (Å²) in [4.78, 5) is 18.2. The van der Waals surface area contributed by atoms with Gasteiger partial charge in [-0.1, -0.05) is 11.6 Å². The van der Waals surface area contributed by atoms with Crippen molar-refractivity contribution >= 4 is 16.8 Å². The maximum absolute atomic E-state index is 13.9. The zero-order chi connectivity index (χ0) is 16.6. The van der Waals surface area contributed by atoms with E-state index in [9.17, 15) is 9.18 Å². The Labute approximate surface area is 139 Å². The van der Waals surface area contributed by atoms with Crippen LogP contribution in [-0.4, -0.2) is 22.3 Å². The SMILES string of the molecule is Cc1ccc2[nH]c3c(c2c1)CCN1C(=O)c2ccc(F)cc2C31C. The molecule has 0 saturated carbocycles. The van der Waals surface area contributed by atoms with Gasteiger partial charge in [-0.05, 0) is 61.7 Å². The van der Waals surface area contributed by atoms with E-state index in [2.05, 4.69) is 30.1 Å². The first-order valence-corrected chi connectivity index (χ1v) is 8.24. The number of nitrogens with zero attached hydrogens (tertiary/aromatic N) is 1. The van der Waals surface area contributed by atoms with Crippen molar-refractivity contribution in [1.82, 2.24) is 9.88 Å². The van der Waals surface area contributed by atoms with Gasteiger partial charge in [0.2, 0.25) is 0 Å². The van der Waals surface area contributed by atoms with E-state index in [0.717, 1.165) is 23.2 Å². The Hall–Kier alpha value is -2.62. The van der Waals surface area contributed by atoms with Crippen LogP contribution < -0.4 is 0 Å². The van der Waals surface area contributed by atoms with Crippen molar-refractivity contribution in [2.45, 2.75) is 25.8 Å². The molecule has 3 heterocycles. The molecule has 0 aliphatic carbocycles. The molecule has 5 rings (SSSR count). The molecule has 3 aromatic rings. The number of aryl methyl sites for hydroxylation is 1. The summed E-state index contributed by atoms with van der Waals surface area (Å²) in [5, 5.41) is 1.21. The molecule has 3 nitrogen and oxygen atoms in total. The molecule has 2 aliphatic rings. The first-order valence-electron chi connectivity index (χ1n) is 8.24. The molecule has 1 unspecified atom stereocenters. The highest BCUT2D eigenvalue weighted by atomic mass is 19.1. The van der Waals surface area contributed by atoms with Crippen LogP contribution in [0.4, 0.5) is 4.39 Å². The predicted octanol–water partition coefficient (Wildman–Crippen LogP) is 3.89. The van der Waals surface area contributed by atoms with Crippen LogP contribution in [0.2, 0.25) is 0 Å². The third-order valence-electron chi connectivity index (χ3n) is 5.66. The Morgan fingerprint density at radius 2 is 2.04 bits per heavy atom. The lowest BCUT2D eigenvalue weighted by Gasteiger charge is -2.40. The number of aromatic nitrogens is 1. The Kier molecular flexibility index (Phi) is 2.45. The largest absolute Gasteiger partial charge is 0.356 e. The minimum Gasteiger partial charge on any atom is -0.356 e. The fourth-order valence-electron chi connectivity index (χ4n) is 4.45. The lowest BCUT2D eigenvalue weighted by molar-refractivity contribution is 0.0625. The molecule has 1 N–H and O–H groups in total. The summed E-state index contributed by atoms with van der Waals surface area (Å²) in [6.07, 6.45) is 0.816. The molecule has 0 bridgehead atoms. The minimum atomic E-state index is -0.630. The van der Waals surface area contributed by atoms with Gasteiger partial charge in [0.25, 0.3) is 5.91 Å². The van der Waals surface area contributed by atoms with Crippen molar-refractivity contribution in [3.05, 3.63) is 70.2 Å². The number of hydrogen-bond acceptors (Lipinski definition) is 1. The van der Waals surface area contributed by atoms with Gasteiger partial charge in [-0.25, -0.2) is 4.39 Å². The number of halogens is 1. The Morgan fingerprint density at radius 3 is 2.88 bits per heavy atom. The fourth-order valence-corrected chi connectivity index (χ4v) is 4.45. The molecule has 120 valence electrons. The summed E-state index contributed by atoms with van der Waals surface area (Å²) in [5.74, 6) is -0.309. The van der Waals surface area contributed by atoms with Gasteiger partial charge in [0.05, 0.1) is 0 Å². The van der Waals surface area contributed by atoms with E-state index in [4.69, 9.17) is 0 Å². The van der Waals surface area contributed by atoms with Crippen molar-refractivity contribution < 1.29 is 9.18 Å². The van der Waals surface area contributed by atoms with Gasteiger partial charge in [-0.15, -0.1) is 0 Å². The Bertz CT molecular complexity index is 1040. The Balaban J connectivity index is 1.86. The van der Waals surface area contributed by atoms with E-state index in [-0.39, 0.29) is 11.7 Å². The van der Waals surface area contributed by atoms with Crippen LogP contribution in [0.15, 0.2) is 36.4 Å². The van der Waals surface area contributed by atoms with Crippen LogP contribution in [0.1, 0.15) is 39.7 Å². The van der Waals surface area contributed by atoms with E-state index in [1.807, 2.05) is 11.8 Å². The number of fused-ring (bicyclic) bond motifs is 7. The zero-order valence-electron chi connectivity index (χ0n) is 13.6. The van der Waals surface area contributed by atoms with Crippen molar-refractivity contribution in [2.24, 2.45) is 0 Å². The molecule has 1 atom stereocenters. The second-order valence-corrected chi connectivity index (χ2v) is 7.00. The third-order valence-corrected chi connectivity index (χ3v) is 5.66. The first kappa shape index (κ1) is 13.8. The van der Waals surface area contributed by atoms with Crippen LogP contribution in [0, 0.1) is 12.7 Å². The summed E-state index contributed by atoms with van der Waals surface area (Å²) in [5.41, 5.74) is 5.30. The number of carbonyl (C=O) groups is 1. The van der Waals surface area contributed by atoms with Crippen molar-refractivity contribution in [3.8, 4) is 0 Å². The Morgan fingerprint density at radius 1 is 1.21 bits per heavy atom. The van der Waals surface area contributed by atoms with E-state index < -0.39 is 5.54 Å². The van der Waals surface area contributed by atoms with E-state index >= 15 is 0 Å². The molecular weight excluding hydrogens is 303 g/mol. The number of hydrogen-bond donors (Lipinski definition) is 1. The number of rotatable bonds is 0. The summed E-state index contributed by atoms with van der Waals surface area (Å²) < 4.78 is 13.9. The standard InChI is InChI=1S/C20H17FN2O/c1-11-3-6-17-15(9-11)13-7-8-23-19(24)14-5-4-12(21)10-16(14)20(23,2)18(13)22-17/h3-6,9-10,22H,7-8H2,1-2H3. The summed E-state index contributed by atoms with van der Waals surface area (Å²) >= 11 is 0. The second-order valence-electron chi connectivity index (χ2n) is 7.00. The van der Waals surface area contributed by atoms with Crippen LogP contribution in [-0.2, 0) is 12.0 Å². The maximum Gasteiger partial charge on any atom is 0.255 e. The number of nitrogens with one attached hydrogen (secondary N) is 1. The highest BCUT2D eigenvalue weighted by Crippen LogP contribution is 2.48. The average Bonchev–Trinajstić information content (AvgIpc) is 3.03. The number of aromatic amines is 1. The molecule has 1 amide bonds. The minimum absolute atomic E-state index is 0.00649. The third kappa shape index (κ3) is 1.49. The number of carbonyl (C=O) groups excluding carboxylic acids is 1. The molecule has 0 radical (unpaired) electrons. The summed E-state index contributed by atoms with van der Waals surface area (Å²) in [7, 11) is 0. The van der Waals surface area contributed by atoms with Gasteiger partial charge >= 0.3 is 0 Å². The summed E-state index contributed by atoms with van der Waals surface area (Å²) in [6.45, 7) is 4.76. The molecule has 0 fully saturated rings. The zero-order valence-corrected chi connectivity index (χ0v) is 13.6. The smallest absolute Gasteiger partial charge is 0.255 e. The van der Waals surface area contributed by atoms with E-state index in [1.54, 1.807) is 6.07 Å². The number of H-pyrrole nitrogens is 1. The van der Waals surface area contributed by atoms with Crippen molar-refractivity contribution in [2.75, 3.05) is 6.54 Å². The lowest BCUT2D eigenvalue weighted by atomic mass is 9.82. The van der Waals surface area contributed by atoms with Crippen molar-refractivity contribution in [1.29, 1.82) is 0 Å². The molecule has 0 spiro atoms. The quantitative estimate of drug-likeness (QED) is 0.670. The monoisotopic (exact) mass is 320 g/mol. The van der Waals surface area contributed by atoms with Gasteiger partial charge in [0, 0.05) is 28.7 Å². The molecule has 2 aromatic carbocycles. The van der Waals surface area contributed by atoms with Crippen LogP contribution in [0.5, 0.6) is 0 Å². The van der Waals surface area contributed by atoms with Gasteiger partial charge < -0.3 is 9.88 Å². The highest BCUT2D eigenvalue weighted by molar-refractivity contribution is 6.01. The van der Waals surface area contributed by atoms with Crippen LogP contribution in [0.3, 0.4) is 0 Å². The van der Waals surface area contributed by atoms with Crippen LogP contribution in [0.25, 0.3) is 10.9 Å². The van der Waals surface area contributed by atoms with Gasteiger partial charge in [-0.2, -0.15) is 0 Å². The maximum atomic E-state index is 13.9. The molecular formula is C20H17FN2O. The predicted molar refractivity (Wildman–Crippen MR) is 90.6 cm³/mol. The molecule has 4 heteroatoms. The molecule has 2 aliphatic heterocycles. The van der Waals surface area contributed by atoms with Gasteiger partial charge in [0.15, 0.2) is 0 Å². The molecule has 0 saturated heterocycles. The molecule has 1 aromatic heterocycles. The molecule has 24 heavy (non-hydrogen) atoms. The van der Waals surface area contributed by atoms with E-state index in [1.165, 1.54) is 28.6 Å². The fraction of sp³-hybridized carbons (Fsp3) is 0.250. The number of amides is 1. The second kappa shape index (κ2) is 4.26. The average molecular weight is 320 g/mol. The number of benzene rings is 2. The van der Waals surface area contributed by atoms with E-state index in [0.29, 0.717) is 12.1 Å². The van der Waals surface area contributed by atoms with Crippen LogP contribution >= 0.6 is 0 Å². The normalized spacial score (nSPS) is 21.8. The highest BCUT2D eigenvalue weighted by Gasteiger charge is 2.51. The van der Waals surface area contributed by atoms with Gasteiger partial charge in [-0.3, -0.25) is 4.79 Å². The van der Waals surface area contributed by atoms with Gasteiger partial charge in [0.1, 0.15) is 11.4 Å². The first-order chi connectivity index (χ1) is 11.5. The topological polar surface area (TPSA) is 36.1 Å². The summed E-state index contributed by atoms with van der Waals surface area (Å²) in [6, 6.07) is 10.8. The lowest BCUT2D eigenvalue weighted by Crippen LogP contribution is -2.47.